The number of nitrogens with zero attached hydrogens (tertiary/aromatic N) is 1. The maximum atomic E-state index is 12.0. The number of hydrogen-bond acceptors (Lipinski definition) is 7. The van der Waals surface area contributed by atoms with E-state index >= 15 is 0 Å². The Morgan fingerprint density at radius 2 is 1.88 bits per heavy atom. The van der Waals surface area contributed by atoms with Crippen LogP contribution < -0.4 is 4.72 Å². The van der Waals surface area contributed by atoms with Gasteiger partial charge in [0.2, 0.25) is 0 Å². The van der Waals surface area contributed by atoms with Gasteiger partial charge >= 0.3 is 29.4 Å². The van der Waals surface area contributed by atoms with Gasteiger partial charge in [0, 0.05) is 0 Å². The fraction of sp³-hybridized carbons (Fsp3) is 0.714. The van der Waals surface area contributed by atoms with E-state index in [-0.39, 0.29) is 19.0 Å². The van der Waals surface area contributed by atoms with Crippen molar-refractivity contribution in [3.8, 4) is 0 Å². The Labute approximate surface area is 147 Å². The minimum absolute atomic E-state index is 0.128. The van der Waals surface area contributed by atoms with E-state index < -0.39 is 34.8 Å². The van der Waals surface area contributed by atoms with Crippen LogP contribution in [0, 0.1) is 5.92 Å². The molecule has 0 aromatic rings. The normalized spacial score (nSPS) is 22.9. The molecule has 2 N–H and O–H groups in total. The van der Waals surface area contributed by atoms with Crippen LogP contribution in [-0.4, -0.2) is 62.5 Å². The van der Waals surface area contributed by atoms with Gasteiger partial charge in [0.15, 0.2) is 0 Å². The summed E-state index contributed by atoms with van der Waals surface area (Å²) in [6.07, 6.45) is 6.01. The van der Waals surface area contributed by atoms with Crippen molar-refractivity contribution < 1.29 is 31.9 Å². The Morgan fingerprint density at radius 1 is 1.32 bits per heavy atom. The van der Waals surface area contributed by atoms with E-state index in [0.29, 0.717) is 19.3 Å². The second-order valence-electron chi connectivity index (χ2n) is 6.46. The Morgan fingerprint density at radius 3 is 2.32 bits per heavy atom. The van der Waals surface area contributed by atoms with Crippen LogP contribution in [0.25, 0.3) is 0 Å². The lowest BCUT2D eigenvalue weighted by molar-refractivity contribution is -0.146. The predicted molar refractivity (Wildman–Crippen MR) is 89.6 cm³/mol. The molecule has 0 aromatic carbocycles. The van der Waals surface area contributed by atoms with Gasteiger partial charge in [-0.3, -0.25) is 19.0 Å². The third-order valence-corrected chi connectivity index (χ3v) is 4.68. The van der Waals surface area contributed by atoms with Crippen molar-refractivity contribution in [3.63, 3.8) is 0 Å². The molecule has 1 aliphatic carbocycles. The summed E-state index contributed by atoms with van der Waals surface area (Å²) >= 11 is 0. The zero-order valence-electron chi connectivity index (χ0n) is 14.3. The van der Waals surface area contributed by atoms with Crippen LogP contribution in [0.5, 0.6) is 0 Å². The molecule has 9 nitrogen and oxygen atoms in total. The minimum Gasteiger partial charge on any atom is -0.497 e. The van der Waals surface area contributed by atoms with Crippen LogP contribution in [0.2, 0.25) is 0 Å². The standard InChI is InChI=1S/C14H23BN2O7S/c1-3-4-5-8-14(11-6-7-11,16-25(20,21)22)15-23-12(18)9-17(2)10-13(19)24-15/h5,8,11,16H,3-4,6-7,9-10H2,1-2H3,(H,20,21,22)/b8-5+. The fourth-order valence-corrected chi connectivity index (χ4v) is 3.61. The zero-order chi connectivity index (χ0) is 18.7. The predicted octanol–water partition coefficient (Wildman–Crippen LogP) is -0.0569. The third-order valence-electron chi connectivity index (χ3n) is 4.07. The number of hydrogen-bond donors (Lipinski definition) is 2. The van der Waals surface area contributed by atoms with Crippen LogP contribution in [0.4, 0.5) is 0 Å². The van der Waals surface area contributed by atoms with Crippen molar-refractivity contribution >= 4 is 29.4 Å². The Balaban J connectivity index is 2.40. The summed E-state index contributed by atoms with van der Waals surface area (Å²) in [5.74, 6) is -1.55. The molecular formula is C14H23BN2O7S. The highest BCUT2D eigenvalue weighted by molar-refractivity contribution is 7.83. The Kier molecular flexibility index (Phi) is 6.25. The zero-order valence-corrected chi connectivity index (χ0v) is 15.1. The van der Waals surface area contributed by atoms with Crippen LogP contribution in [-0.2, 0) is 29.2 Å². The van der Waals surface area contributed by atoms with Gasteiger partial charge in [-0.25, -0.2) is 0 Å². The minimum atomic E-state index is -4.63. The highest BCUT2D eigenvalue weighted by atomic mass is 32.2. The van der Waals surface area contributed by atoms with E-state index in [1.165, 1.54) is 11.0 Å². The van der Waals surface area contributed by atoms with Crippen molar-refractivity contribution in [2.24, 2.45) is 5.92 Å². The lowest BCUT2D eigenvalue weighted by atomic mass is 9.61. The molecule has 0 amide bonds. The van der Waals surface area contributed by atoms with Crippen LogP contribution in [0.3, 0.4) is 0 Å². The molecule has 2 rings (SSSR count). The van der Waals surface area contributed by atoms with Crippen LogP contribution in [0.15, 0.2) is 12.2 Å². The topological polar surface area (TPSA) is 122 Å². The van der Waals surface area contributed by atoms with Crippen LogP contribution in [0.1, 0.15) is 32.6 Å². The van der Waals surface area contributed by atoms with Gasteiger partial charge < -0.3 is 9.31 Å². The van der Waals surface area contributed by atoms with Crippen molar-refractivity contribution in [1.82, 2.24) is 9.62 Å². The summed E-state index contributed by atoms with van der Waals surface area (Å²) in [6.45, 7) is 1.69. The molecule has 0 radical (unpaired) electrons. The molecular weight excluding hydrogens is 351 g/mol. The van der Waals surface area contributed by atoms with Crippen molar-refractivity contribution in [2.75, 3.05) is 20.1 Å². The van der Waals surface area contributed by atoms with E-state index in [2.05, 4.69) is 4.72 Å². The fourth-order valence-electron chi connectivity index (χ4n) is 2.83. The average Bonchev–Trinajstić information content (AvgIpc) is 3.27. The first-order valence-electron chi connectivity index (χ1n) is 8.18. The summed E-state index contributed by atoms with van der Waals surface area (Å²) < 4.78 is 45.1. The molecule has 1 saturated heterocycles. The van der Waals surface area contributed by atoms with Gasteiger partial charge in [-0.15, -0.1) is 0 Å². The van der Waals surface area contributed by atoms with Gasteiger partial charge in [-0.05, 0) is 32.2 Å². The lowest BCUT2D eigenvalue weighted by Gasteiger charge is -2.34. The maximum absolute atomic E-state index is 12.0. The molecule has 2 fully saturated rings. The van der Waals surface area contributed by atoms with Gasteiger partial charge in [0.05, 0.1) is 13.1 Å². The molecule has 0 spiro atoms. The van der Waals surface area contributed by atoms with E-state index in [4.69, 9.17) is 9.31 Å². The monoisotopic (exact) mass is 374 g/mol. The van der Waals surface area contributed by atoms with Crippen molar-refractivity contribution in [1.29, 1.82) is 0 Å². The molecule has 0 bridgehead atoms. The number of likely N-dealkylation sites (N-methyl/N-ethyl adjacent to an activating group) is 1. The summed E-state index contributed by atoms with van der Waals surface area (Å²) in [7, 11) is -4.55. The summed E-state index contributed by atoms with van der Waals surface area (Å²) in [5, 5.41) is 0. The van der Waals surface area contributed by atoms with E-state index in [1.54, 1.807) is 13.1 Å². The van der Waals surface area contributed by atoms with Gasteiger partial charge in [0.1, 0.15) is 5.44 Å². The quantitative estimate of drug-likeness (QED) is 0.361. The van der Waals surface area contributed by atoms with Gasteiger partial charge in [-0.1, -0.05) is 25.5 Å². The molecule has 1 aliphatic heterocycles. The summed E-state index contributed by atoms with van der Waals surface area (Å²) in [6, 6.07) is 0. The molecule has 2 aliphatic rings. The van der Waals surface area contributed by atoms with Crippen molar-refractivity contribution in [3.05, 3.63) is 12.2 Å². The second kappa shape index (κ2) is 7.86. The molecule has 25 heavy (non-hydrogen) atoms. The molecule has 1 heterocycles. The van der Waals surface area contributed by atoms with Crippen molar-refractivity contribution in [2.45, 2.75) is 38.0 Å². The Bertz CT molecular complexity index is 630. The summed E-state index contributed by atoms with van der Waals surface area (Å²) in [4.78, 5) is 25.5. The number of carbonyl (C=O) groups is 2. The number of allylic oxidation sites excluding steroid dienone is 1. The second-order valence-corrected chi connectivity index (χ2v) is 7.61. The highest BCUT2D eigenvalue weighted by Crippen LogP contribution is 2.43. The van der Waals surface area contributed by atoms with E-state index in [1.807, 2.05) is 6.92 Å². The number of rotatable bonds is 7. The number of nitrogens with one attached hydrogen (secondary N) is 1. The van der Waals surface area contributed by atoms with E-state index in [9.17, 15) is 22.6 Å². The first kappa shape index (κ1) is 19.9. The van der Waals surface area contributed by atoms with Gasteiger partial charge in [-0.2, -0.15) is 13.1 Å². The molecule has 1 atom stereocenters. The smallest absolute Gasteiger partial charge is 0.497 e. The largest absolute Gasteiger partial charge is 0.625 e. The molecule has 1 unspecified atom stereocenters. The molecule has 0 aromatic heterocycles. The lowest BCUT2D eigenvalue weighted by Crippen LogP contribution is -2.64. The number of unbranched alkanes of at least 4 members (excludes halogenated alkanes) is 1. The molecule has 1 saturated carbocycles. The van der Waals surface area contributed by atoms with Crippen LogP contribution >= 0.6 is 0 Å². The summed E-state index contributed by atoms with van der Waals surface area (Å²) in [5.41, 5.74) is -1.52. The first-order valence-corrected chi connectivity index (χ1v) is 9.62. The maximum Gasteiger partial charge on any atom is 0.625 e. The van der Waals surface area contributed by atoms with E-state index in [0.717, 1.165) is 6.42 Å². The Hall–Kier alpha value is -1.43. The highest BCUT2D eigenvalue weighted by Gasteiger charge is 2.60. The third kappa shape index (κ3) is 5.53. The average molecular weight is 374 g/mol. The SMILES string of the molecule is CCC/C=C/C(NS(=O)(=O)O)(B1OC(=O)CN(C)CC(=O)O1)C1CC1. The van der Waals surface area contributed by atoms with Gasteiger partial charge in [0.25, 0.3) is 0 Å². The molecule has 140 valence electrons. The molecule has 11 heteroatoms. The first-order chi connectivity index (χ1) is 11.7. The number of carbonyl (C=O) groups excluding carboxylic acids is 2.